The highest BCUT2D eigenvalue weighted by atomic mass is 32.1. The van der Waals surface area contributed by atoms with E-state index in [-0.39, 0.29) is 47.0 Å². The Labute approximate surface area is 253 Å². The van der Waals surface area contributed by atoms with Gasteiger partial charge in [-0.25, -0.2) is 9.78 Å². The van der Waals surface area contributed by atoms with Crippen molar-refractivity contribution < 1.29 is 33.6 Å². The van der Waals surface area contributed by atoms with Crippen LogP contribution in [0.4, 0.5) is 5.69 Å². The van der Waals surface area contributed by atoms with Gasteiger partial charge in [-0.3, -0.25) is 24.1 Å². The van der Waals surface area contributed by atoms with Crippen molar-refractivity contribution >= 4 is 53.4 Å². The SMILES string of the molecule is C[C@@H](O)[C@H]1C(=O)N2C(C(=O)OCc3ccc([N+](=O)[O-])cc3)=C(c3csc4c(C(=O)CO[Si](C)(C)C(C)(C)C)ncn34)C[C@H]12. The molecule has 0 unspecified atom stereocenters. The number of nitro groups is 1. The van der Waals surface area contributed by atoms with E-state index in [0.29, 0.717) is 28.1 Å². The highest BCUT2D eigenvalue weighted by Crippen LogP contribution is 2.48. The molecule has 5 rings (SSSR count). The number of hydrogen-bond donors (Lipinski definition) is 1. The third-order valence-electron chi connectivity index (χ3n) is 8.65. The van der Waals surface area contributed by atoms with Crippen molar-refractivity contribution in [2.24, 2.45) is 5.92 Å². The Balaban J connectivity index is 1.43. The topological polar surface area (TPSA) is 154 Å². The third kappa shape index (κ3) is 5.43. The van der Waals surface area contributed by atoms with Gasteiger partial charge < -0.3 is 19.2 Å². The van der Waals surface area contributed by atoms with Gasteiger partial charge in [0.05, 0.1) is 35.3 Å². The summed E-state index contributed by atoms with van der Waals surface area (Å²) in [5, 5.41) is 23.0. The van der Waals surface area contributed by atoms with Crippen molar-refractivity contribution in [2.75, 3.05) is 6.61 Å². The first-order chi connectivity index (χ1) is 20.1. The molecule has 2 aromatic heterocycles. The van der Waals surface area contributed by atoms with Crippen LogP contribution in [0.3, 0.4) is 0 Å². The van der Waals surface area contributed by atoms with Crippen molar-refractivity contribution in [1.29, 1.82) is 0 Å². The molecule has 2 aliphatic heterocycles. The van der Waals surface area contributed by atoms with Crippen LogP contribution in [0, 0.1) is 16.0 Å². The van der Waals surface area contributed by atoms with E-state index in [1.165, 1.54) is 46.8 Å². The Hall–Kier alpha value is -3.72. The fraction of sp³-hybridized carbons (Fsp3) is 0.448. The number of carbonyl (C=O) groups excluding carboxylic acids is 3. The highest BCUT2D eigenvalue weighted by Gasteiger charge is 2.57. The van der Waals surface area contributed by atoms with E-state index in [2.05, 4.69) is 38.8 Å². The van der Waals surface area contributed by atoms with E-state index in [9.17, 15) is 29.6 Å². The largest absolute Gasteiger partial charge is 0.456 e. The van der Waals surface area contributed by atoms with E-state index >= 15 is 0 Å². The summed E-state index contributed by atoms with van der Waals surface area (Å²) in [7, 11) is -2.16. The number of fused-ring (bicyclic) bond motifs is 2. The molecule has 3 atom stereocenters. The minimum absolute atomic E-state index is 0.0542. The lowest BCUT2D eigenvalue weighted by Crippen LogP contribution is -2.61. The molecule has 2 aliphatic rings. The van der Waals surface area contributed by atoms with Gasteiger partial charge in [-0.1, -0.05) is 20.8 Å². The second kappa shape index (κ2) is 11.1. The fourth-order valence-electron chi connectivity index (χ4n) is 5.15. The molecular formula is C29H34N4O8SSi. The van der Waals surface area contributed by atoms with E-state index < -0.39 is 37.3 Å². The van der Waals surface area contributed by atoms with Gasteiger partial charge in [0.25, 0.3) is 5.69 Å². The summed E-state index contributed by atoms with van der Waals surface area (Å²) in [4.78, 5) is 56.5. The minimum atomic E-state index is -2.16. The second-order valence-corrected chi connectivity index (χ2v) is 18.1. The molecule has 14 heteroatoms. The van der Waals surface area contributed by atoms with Gasteiger partial charge in [-0.2, -0.15) is 0 Å². The molecule has 0 aliphatic carbocycles. The van der Waals surface area contributed by atoms with Crippen LogP contribution in [0.2, 0.25) is 18.1 Å². The number of ketones is 1. The molecule has 0 radical (unpaired) electrons. The summed E-state index contributed by atoms with van der Waals surface area (Å²) >= 11 is 1.30. The zero-order valence-electron chi connectivity index (χ0n) is 24.8. The quantitative estimate of drug-likeness (QED) is 0.0851. The molecular weight excluding hydrogens is 592 g/mol. The number of aliphatic hydroxyl groups is 1. The van der Waals surface area contributed by atoms with Crippen LogP contribution in [0.25, 0.3) is 10.4 Å². The number of esters is 1. The maximum Gasteiger partial charge on any atom is 0.355 e. The summed E-state index contributed by atoms with van der Waals surface area (Å²) in [5.41, 5.74) is 1.97. The summed E-state index contributed by atoms with van der Waals surface area (Å²) in [5.74, 6) is -1.99. The Morgan fingerprint density at radius 1 is 1.26 bits per heavy atom. The average molecular weight is 627 g/mol. The number of carbonyl (C=O) groups is 3. The minimum Gasteiger partial charge on any atom is -0.456 e. The molecule has 4 heterocycles. The Morgan fingerprint density at radius 3 is 2.53 bits per heavy atom. The number of β-lactam (4-membered cyclic amide) rings is 1. The number of Topliss-reactive ketones (excluding diaryl/α,β-unsaturated/α-hetero) is 1. The van der Waals surface area contributed by atoms with E-state index in [1.807, 2.05) is 5.38 Å². The molecule has 1 aromatic carbocycles. The van der Waals surface area contributed by atoms with Crippen LogP contribution in [-0.2, 0) is 25.4 Å². The Bertz CT molecular complexity index is 1650. The van der Waals surface area contributed by atoms with Gasteiger partial charge in [-0.05, 0) is 49.2 Å². The molecule has 1 fully saturated rings. The molecule has 0 saturated carbocycles. The molecule has 1 saturated heterocycles. The first-order valence-corrected chi connectivity index (χ1v) is 17.7. The van der Waals surface area contributed by atoms with Crippen molar-refractivity contribution in [2.45, 2.75) is 71.0 Å². The molecule has 1 N–H and O–H groups in total. The fourth-order valence-corrected chi connectivity index (χ4v) is 7.09. The number of benzene rings is 1. The van der Waals surface area contributed by atoms with Gasteiger partial charge in [0.1, 0.15) is 29.2 Å². The van der Waals surface area contributed by atoms with Crippen LogP contribution in [0.1, 0.15) is 55.9 Å². The number of amides is 1. The molecule has 228 valence electrons. The summed E-state index contributed by atoms with van der Waals surface area (Å²) in [6.07, 6.45) is 0.939. The van der Waals surface area contributed by atoms with Crippen molar-refractivity contribution in [3.8, 4) is 0 Å². The number of aliphatic hydroxyl groups excluding tert-OH is 1. The number of rotatable bonds is 10. The van der Waals surface area contributed by atoms with Crippen molar-refractivity contribution in [3.05, 3.63) is 68.7 Å². The number of thiazole rings is 1. The third-order valence-corrected chi connectivity index (χ3v) is 14.1. The lowest BCUT2D eigenvalue weighted by atomic mass is 9.83. The highest BCUT2D eigenvalue weighted by molar-refractivity contribution is 7.16. The Kier molecular flexibility index (Phi) is 7.92. The van der Waals surface area contributed by atoms with Crippen LogP contribution in [0.5, 0.6) is 0 Å². The number of ether oxygens (including phenoxy) is 1. The van der Waals surface area contributed by atoms with Gasteiger partial charge in [0, 0.05) is 23.1 Å². The first kappa shape index (κ1) is 30.7. The average Bonchev–Trinajstić information content (AvgIpc) is 3.62. The lowest BCUT2D eigenvalue weighted by Gasteiger charge is -2.44. The number of nitro benzene ring substituents is 1. The zero-order valence-corrected chi connectivity index (χ0v) is 26.6. The Morgan fingerprint density at radius 2 is 1.93 bits per heavy atom. The smallest absolute Gasteiger partial charge is 0.355 e. The monoisotopic (exact) mass is 626 g/mol. The number of non-ortho nitro benzene ring substituents is 1. The normalized spacial score (nSPS) is 19.4. The lowest BCUT2D eigenvalue weighted by molar-refractivity contribution is -0.384. The van der Waals surface area contributed by atoms with E-state index in [0.717, 1.165) is 0 Å². The van der Waals surface area contributed by atoms with E-state index in [1.54, 1.807) is 11.3 Å². The molecule has 3 aromatic rings. The molecule has 12 nitrogen and oxygen atoms in total. The molecule has 1 amide bonds. The summed E-state index contributed by atoms with van der Waals surface area (Å²) in [6, 6.07) is 5.23. The van der Waals surface area contributed by atoms with Gasteiger partial charge in [0.2, 0.25) is 11.7 Å². The van der Waals surface area contributed by atoms with E-state index in [4.69, 9.17) is 9.16 Å². The van der Waals surface area contributed by atoms with Gasteiger partial charge in [-0.15, -0.1) is 11.3 Å². The van der Waals surface area contributed by atoms with Crippen LogP contribution >= 0.6 is 11.3 Å². The molecule has 0 spiro atoms. The standard InChI is InChI=1S/C29H34N4O8SSi/c1-16(34)23-20-11-19(25(32(20)26(23)36)28(37)40-12-17-7-9-18(10-8-17)33(38)39)21-14-42-27-24(30-15-31(21)27)22(35)13-41-43(5,6)29(2,3)4/h7-10,14-16,20,23,34H,11-13H2,1-6H3/t16-,20-,23-/m1/s1. The predicted octanol–water partition coefficient (Wildman–Crippen LogP) is 4.57. The number of hydrogen-bond acceptors (Lipinski definition) is 10. The van der Waals surface area contributed by atoms with Gasteiger partial charge >= 0.3 is 5.97 Å². The summed E-state index contributed by atoms with van der Waals surface area (Å²) in [6.45, 7) is 11.8. The van der Waals surface area contributed by atoms with Crippen LogP contribution in [-0.4, -0.2) is 69.0 Å². The maximum atomic E-state index is 13.5. The number of nitrogens with zero attached hydrogens (tertiary/aromatic N) is 4. The van der Waals surface area contributed by atoms with Crippen LogP contribution < -0.4 is 0 Å². The van der Waals surface area contributed by atoms with Gasteiger partial charge in [0.15, 0.2) is 8.32 Å². The summed E-state index contributed by atoms with van der Waals surface area (Å²) < 4.78 is 13.4. The molecule has 43 heavy (non-hydrogen) atoms. The maximum absolute atomic E-state index is 13.5. The predicted molar refractivity (Wildman–Crippen MR) is 161 cm³/mol. The zero-order chi connectivity index (χ0) is 31.4. The molecule has 0 bridgehead atoms. The van der Waals surface area contributed by atoms with Crippen molar-refractivity contribution in [1.82, 2.24) is 14.3 Å². The first-order valence-electron chi connectivity index (χ1n) is 13.9. The second-order valence-electron chi connectivity index (χ2n) is 12.4. The number of aromatic nitrogens is 2. The number of imidazole rings is 1. The van der Waals surface area contributed by atoms with Crippen LogP contribution in [0.15, 0.2) is 41.7 Å². The van der Waals surface area contributed by atoms with Crippen molar-refractivity contribution in [3.63, 3.8) is 0 Å².